The lowest BCUT2D eigenvalue weighted by Crippen LogP contribution is -2.61. The fourth-order valence-electron chi connectivity index (χ4n) is 8.29. The van der Waals surface area contributed by atoms with Crippen LogP contribution in [-0.4, -0.2) is 46.1 Å². The van der Waals surface area contributed by atoms with Gasteiger partial charge in [-0.15, -0.1) is 0 Å². The Balaban J connectivity index is 1.66. The van der Waals surface area contributed by atoms with Crippen molar-refractivity contribution in [1.82, 2.24) is 0 Å². The minimum atomic E-state index is -1.42. The maximum atomic E-state index is 15.6. The topological polar surface area (TPSA) is 77.8 Å². The van der Waals surface area contributed by atoms with Crippen LogP contribution in [0.4, 0.5) is 4.39 Å². The van der Waals surface area contributed by atoms with E-state index in [1.807, 2.05) is 6.92 Å². The Bertz CT molecular complexity index is 626. The first-order valence-electron chi connectivity index (χ1n) is 11.3. The molecule has 0 spiro atoms. The third kappa shape index (κ3) is 2.75. The molecule has 0 aromatic rings. The highest BCUT2D eigenvalue weighted by Gasteiger charge is 2.66. The van der Waals surface area contributed by atoms with Crippen molar-refractivity contribution in [2.24, 2.45) is 46.3 Å². The summed E-state index contributed by atoms with van der Waals surface area (Å²) in [6.07, 6.45) is 3.06. The van der Waals surface area contributed by atoms with Crippen LogP contribution in [0.2, 0.25) is 0 Å². The number of Topliss-reactive ketones (excluding diaryl/α,β-unsaturated/α-hetero) is 1. The van der Waals surface area contributed by atoms with Gasteiger partial charge < -0.3 is 15.3 Å². The summed E-state index contributed by atoms with van der Waals surface area (Å²) in [5, 5.41) is 29.8. The minimum absolute atomic E-state index is 0.0259. The molecule has 3 N–H and O–H groups in total. The van der Waals surface area contributed by atoms with Crippen molar-refractivity contribution < 1.29 is 24.5 Å². The van der Waals surface area contributed by atoms with E-state index in [0.717, 1.165) is 32.1 Å². The summed E-state index contributed by atoms with van der Waals surface area (Å²) in [5.41, 5.74) is -0.280. The number of hydrogen-bond acceptors (Lipinski definition) is 4. The van der Waals surface area contributed by atoms with Crippen molar-refractivity contribution in [2.45, 2.75) is 84.1 Å². The number of fused-ring (bicyclic) bond motifs is 5. The molecule has 4 fully saturated rings. The van der Waals surface area contributed by atoms with Crippen LogP contribution in [0.5, 0.6) is 0 Å². The molecule has 0 aromatic heterocycles. The van der Waals surface area contributed by atoms with Crippen molar-refractivity contribution >= 4 is 5.78 Å². The molecule has 28 heavy (non-hydrogen) atoms. The molecule has 0 radical (unpaired) electrons. The van der Waals surface area contributed by atoms with Crippen molar-refractivity contribution in [2.75, 3.05) is 6.61 Å². The molecular formula is C23H37FO4. The number of halogens is 1. The first kappa shape index (κ1) is 20.7. The second-order valence-corrected chi connectivity index (χ2v) is 10.9. The van der Waals surface area contributed by atoms with Crippen LogP contribution in [-0.2, 0) is 4.79 Å². The van der Waals surface area contributed by atoms with E-state index in [1.165, 1.54) is 0 Å². The molecule has 3 unspecified atom stereocenters. The predicted octanol–water partition coefficient (Wildman–Crippen LogP) is 3.12. The molecule has 0 saturated heterocycles. The lowest BCUT2D eigenvalue weighted by molar-refractivity contribution is -0.176. The summed E-state index contributed by atoms with van der Waals surface area (Å²) < 4.78 is 15.6. The highest BCUT2D eigenvalue weighted by Crippen LogP contribution is 2.68. The molecule has 4 rings (SSSR count). The molecular weight excluding hydrogens is 359 g/mol. The number of aliphatic hydroxyl groups is 3. The van der Waals surface area contributed by atoms with Gasteiger partial charge in [0, 0.05) is 11.8 Å². The largest absolute Gasteiger partial charge is 0.394 e. The second-order valence-electron chi connectivity index (χ2n) is 10.9. The zero-order valence-corrected chi connectivity index (χ0v) is 17.5. The number of aliphatic hydroxyl groups excluding tert-OH is 3. The molecule has 0 amide bonds. The molecule has 4 saturated carbocycles. The van der Waals surface area contributed by atoms with Crippen LogP contribution in [0.3, 0.4) is 0 Å². The lowest BCUT2D eigenvalue weighted by atomic mass is 9.43. The fourth-order valence-corrected chi connectivity index (χ4v) is 8.29. The third-order valence-electron chi connectivity index (χ3n) is 9.95. The lowest BCUT2D eigenvalue weighted by Gasteiger charge is -2.61. The quantitative estimate of drug-likeness (QED) is 0.685. The average molecular weight is 397 g/mol. The fraction of sp³-hybridized carbons (Fsp3) is 0.957. The van der Waals surface area contributed by atoms with E-state index in [1.54, 1.807) is 0 Å². The molecule has 4 aliphatic rings. The van der Waals surface area contributed by atoms with Crippen LogP contribution in [0, 0.1) is 46.3 Å². The number of alkyl halides is 1. The van der Waals surface area contributed by atoms with Gasteiger partial charge in [0.2, 0.25) is 0 Å². The van der Waals surface area contributed by atoms with E-state index in [9.17, 15) is 20.1 Å². The summed E-state index contributed by atoms with van der Waals surface area (Å²) in [4.78, 5) is 13.1. The van der Waals surface area contributed by atoms with Crippen LogP contribution in [0.15, 0.2) is 0 Å². The summed E-state index contributed by atoms with van der Waals surface area (Å²) in [5.74, 6) is -0.251. The van der Waals surface area contributed by atoms with Crippen molar-refractivity contribution in [1.29, 1.82) is 0 Å². The zero-order chi connectivity index (χ0) is 20.4. The Morgan fingerprint density at radius 1 is 1.11 bits per heavy atom. The summed E-state index contributed by atoms with van der Waals surface area (Å²) in [6.45, 7) is 6.18. The van der Waals surface area contributed by atoms with E-state index in [2.05, 4.69) is 13.8 Å². The van der Waals surface area contributed by atoms with Gasteiger partial charge in [-0.25, -0.2) is 4.39 Å². The predicted molar refractivity (Wildman–Crippen MR) is 104 cm³/mol. The highest BCUT2D eigenvalue weighted by atomic mass is 19.1. The van der Waals surface area contributed by atoms with Gasteiger partial charge in [0.25, 0.3) is 0 Å². The molecule has 11 atom stereocenters. The smallest absolute Gasteiger partial charge is 0.170 e. The molecule has 0 aliphatic heterocycles. The van der Waals surface area contributed by atoms with Gasteiger partial charge >= 0.3 is 0 Å². The molecule has 160 valence electrons. The van der Waals surface area contributed by atoms with Crippen molar-refractivity contribution in [3.05, 3.63) is 0 Å². The molecule has 4 nitrogen and oxygen atoms in total. The van der Waals surface area contributed by atoms with Gasteiger partial charge in [0.05, 0.1) is 18.8 Å². The highest BCUT2D eigenvalue weighted by molar-refractivity contribution is 5.87. The summed E-state index contributed by atoms with van der Waals surface area (Å²) in [6, 6.07) is 0. The van der Waals surface area contributed by atoms with Gasteiger partial charge in [-0.05, 0) is 79.4 Å². The van der Waals surface area contributed by atoms with Gasteiger partial charge in [-0.3, -0.25) is 4.79 Å². The normalized spacial score (nSPS) is 53.1. The molecule has 0 heterocycles. The zero-order valence-electron chi connectivity index (χ0n) is 17.5. The van der Waals surface area contributed by atoms with Crippen molar-refractivity contribution in [3.63, 3.8) is 0 Å². The summed E-state index contributed by atoms with van der Waals surface area (Å²) in [7, 11) is 0. The van der Waals surface area contributed by atoms with Crippen LogP contribution >= 0.6 is 0 Å². The van der Waals surface area contributed by atoms with E-state index in [4.69, 9.17) is 0 Å². The minimum Gasteiger partial charge on any atom is -0.394 e. The van der Waals surface area contributed by atoms with Gasteiger partial charge in [0.1, 0.15) is 0 Å². The Kier molecular flexibility index (Phi) is 5.20. The molecule has 0 bridgehead atoms. The van der Waals surface area contributed by atoms with E-state index >= 15 is 4.39 Å². The Morgan fingerprint density at radius 3 is 2.43 bits per heavy atom. The van der Waals surface area contributed by atoms with E-state index in [0.29, 0.717) is 12.8 Å². The average Bonchev–Trinajstić information content (AvgIpc) is 3.03. The molecule has 4 aliphatic carbocycles. The second kappa shape index (κ2) is 7.02. The third-order valence-corrected chi connectivity index (χ3v) is 9.95. The Hall–Kier alpha value is -0.520. The van der Waals surface area contributed by atoms with Crippen molar-refractivity contribution in [3.8, 4) is 0 Å². The Morgan fingerprint density at radius 2 is 1.75 bits per heavy atom. The van der Waals surface area contributed by atoms with Gasteiger partial charge in [-0.1, -0.05) is 20.8 Å². The number of rotatable bonds is 3. The van der Waals surface area contributed by atoms with Crippen LogP contribution in [0.1, 0.15) is 65.7 Å². The number of carbonyl (C=O) groups excluding carboxylic acids is 1. The first-order chi connectivity index (χ1) is 13.1. The van der Waals surface area contributed by atoms with Gasteiger partial charge in [0.15, 0.2) is 12.0 Å². The van der Waals surface area contributed by atoms with Crippen LogP contribution < -0.4 is 0 Å². The number of carbonyl (C=O) groups is 1. The molecule has 0 aromatic carbocycles. The SMILES string of the molecule is C[C@H]([C@H](O)CO)[C@H]1CCC2C3C(CC[C@@]21C)[C@@]1(C)CC[C@@H](O)C[C@@H]1C(=O)[C@H]3F. The maximum absolute atomic E-state index is 15.6. The van der Waals surface area contributed by atoms with E-state index in [-0.39, 0.29) is 58.7 Å². The monoisotopic (exact) mass is 396 g/mol. The number of ketones is 1. The van der Waals surface area contributed by atoms with Gasteiger partial charge in [-0.2, -0.15) is 0 Å². The standard InChI is InChI=1S/C23H37FO4/c1-12(18(27)11-25)14-4-5-15-19-16(7-9-22(14,15)2)23(3)8-6-13(26)10-17(23)21(28)20(19)24/h12-20,25-27H,4-11H2,1-3H3/t12-,13+,14+,15?,16?,17+,18+,19?,20-,22+,23+/m0/s1. The first-order valence-corrected chi connectivity index (χ1v) is 11.3. The maximum Gasteiger partial charge on any atom is 0.170 e. The Labute approximate surface area is 167 Å². The number of hydrogen-bond donors (Lipinski definition) is 3. The van der Waals surface area contributed by atoms with Crippen LogP contribution in [0.25, 0.3) is 0 Å². The molecule has 5 heteroatoms. The summed E-state index contributed by atoms with van der Waals surface area (Å²) >= 11 is 0. The van der Waals surface area contributed by atoms with E-state index < -0.39 is 18.4 Å².